The van der Waals surface area contributed by atoms with Crippen molar-refractivity contribution in [1.29, 1.82) is 0 Å². The van der Waals surface area contributed by atoms with Gasteiger partial charge in [0, 0.05) is 24.7 Å². The molecule has 1 aromatic carbocycles. The third-order valence-electron chi connectivity index (χ3n) is 4.65. The molecule has 29 heavy (non-hydrogen) atoms. The first-order valence-electron chi connectivity index (χ1n) is 9.12. The van der Waals surface area contributed by atoms with Crippen molar-refractivity contribution in [3.05, 3.63) is 66.1 Å². The van der Waals surface area contributed by atoms with Crippen molar-refractivity contribution < 1.29 is 18.5 Å². The normalized spacial score (nSPS) is 16.2. The van der Waals surface area contributed by atoms with Gasteiger partial charge >= 0.3 is 0 Å². The van der Waals surface area contributed by atoms with E-state index in [2.05, 4.69) is 20.4 Å². The minimum Gasteiger partial charge on any atom is -0.347 e. The van der Waals surface area contributed by atoms with Crippen molar-refractivity contribution in [2.75, 3.05) is 6.54 Å². The van der Waals surface area contributed by atoms with Gasteiger partial charge in [0.25, 0.3) is 0 Å². The van der Waals surface area contributed by atoms with Crippen LogP contribution < -0.4 is 5.32 Å². The molecule has 1 saturated heterocycles. The number of rotatable bonds is 6. The maximum Gasteiger partial charge on any atom is 0.246 e. The molecule has 9 heteroatoms. The molecule has 0 radical (unpaired) electrons. The molecule has 1 fully saturated rings. The summed E-state index contributed by atoms with van der Waals surface area (Å²) in [5.74, 6) is -0.576. The smallest absolute Gasteiger partial charge is 0.246 e. The maximum atomic E-state index is 13.0. The summed E-state index contributed by atoms with van der Waals surface area (Å²) in [7, 11) is 0. The number of pyridine rings is 1. The van der Waals surface area contributed by atoms with Crippen LogP contribution in [0.1, 0.15) is 18.0 Å². The van der Waals surface area contributed by atoms with Crippen LogP contribution in [0, 0.1) is 11.7 Å². The Kier molecular flexibility index (Phi) is 5.28. The van der Waals surface area contributed by atoms with Crippen LogP contribution in [0.2, 0.25) is 0 Å². The van der Waals surface area contributed by atoms with Crippen molar-refractivity contribution in [1.82, 2.24) is 25.3 Å². The van der Waals surface area contributed by atoms with E-state index in [1.807, 2.05) is 18.2 Å². The number of likely N-dealkylation sites (tertiary alicyclic amines) is 1. The number of carbonyl (C=O) groups is 2. The Bertz CT molecular complexity index is 1010. The van der Waals surface area contributed by atoms with E-state index in [1.54, 1.807) is 23.2 Å². The second-order valence-electron chi connectivity index (χ2n) is 6.73. The molecule has 1 atom stereocenters. The summed E-state index contributed by atoms with van der Waals surface area (Å²) in [6.07, 6.45) is 1.83. The molecule has 2 aromatic heterocycles. The Morgan fingerprint density at radius 3 is 2.83 bits per heavy atom. The van der Waals surface area contributed by atoms with Crippen LogP contribution in [0.25, 0.3) is 11.4 Å². The van der Waals surface area contributed by atoms with Crippen LogP contribution in [-0.4, -0.2) is 38.4 Å². The van der Waals surface area contributed by atoms with E-state index in [9.17, 15) is 14.0 Å². The van der Waals surface area contributed by atoms with E-state index in [0.717, 1.165) is 5.69 Å². The van der Waals surface area contributed by atoms with Gasteiger partial charge in [-0.3, -0.25) is 14.6 Å². The average Bonchev–Trinajstić information content (AvgIpc) is 3.35. The first kappa shape index (κ1) is 18.7. The van der Waals surface area contributed by atoms with Crippen molar-refractivity contribution in [2.45, 2.75) is 19.5 Å². The minimum absolute atomic E-state index is 0.0535. The molecule has 3 heterocycles. The molecule has 1 N–H and O–H groups in total. The molecular formula is C20H18FN5O3. The molecular weight excluding hydrogens is 377 g/mol. The molecule has 4 rings (SSSR count). The first-order valence-corrected chi connectivity index (χ1v) is 9.12. The Labute approximate surface area is 165 Å². The fourth-order valence-corrected chi connectivity index (χ4v) is 3.14. The Morgan fingerprint density at radius 2 is 2.07 bits per heavy atom. The third-order valence-corrected chi connectivity index (χ3v) is 4.65. The van der Waals surface area contributed by atoms with Crippen molar-refractivity contribution >= 4 is 11.8 Å². The fraction of sp³-hybridized carbons (Fsp3) is 0.250. The highest BCUT2D eigenvalue weighted by molar-refractivity contribution is 5.89. The van der Waals surface area contributed by atoms with Gasteiger partial charge in [0.1, 0.15) is 5.82 Å². The van der Waals surface area contributed by atoms with Crippen molar-refractivity contribution in [3.63, 3.8) is 0 Å². The number of nitrogens with one attached hydrogen (secondary N) is 1. The van der Waals surface area contributed by atoms with Gasteiger partial charge in [-0.25, -0.2) is 4.39 Å². The van der Waals surface area contributed by atoms with E-state index in [0.29, 0.717) is 24.5 Å². The van der Waals surface area contributed by atoms with Gasteiger partial charge in [-0.2, -0.15) is 4.98 Å². The molecule has 2 amide bonds. The van der Waals surface area contributed by atoms with Gasteiger partial charge < -0.3 is 14.7 Å². The Balaban J connectivity index is 1.31. The van der Waals surface area contributed by atoms with Crippen LogP contribution >= 0.6 is 0 Å². The third kappa shape index (κ3) is 4.45. The molecule has 8 nitrogen and oxygen atoms in total. The summed E-state index contributed by atoms with van der Waals surface area (Å²) < 4.78 is 18.1. The molecule has 0 bridgehead atoms. The van der Waals surface area contributed by atoms with Gasteiger partial charge in [0.2, 0.25) is 23.5 Å². The lowest BCUT2D eigenvalue weighted by Crippen LogP contribution is -2.32. The van der Waals surface area contributed by atoms with E-state index >= 15 is 0 Å². The van der Waals surface area contributed by atoms with Gasteiger partial charge in [0.05, 0.1) is 24.7 Å². The number of hydrogen-bond acceptors (Lipinski definition) is 6. The summed E-state index contributed by atoms with van der Waals surface area (Å²) in [4.78, 5) is 34.7. The molecule has 3 aromatic rings. The van der Waals surface area contributed by atoms with Gasteiger partial charge in [-0.1, -0.05) is 11.2 Å². The Hall–Kier alpha value is -3.62. The number of carbonyl (C=O) groups excluding carboxylic acids is 2. The summed E-state index contributed by atoms with van der Waals surface area (Å²) in [6.45, 7) is 0.776. The second kappa shape index (κ2) is 8.17. The average molecular weight is 395 g/mol. The molecule has 0 spiro atoms. The van der Waals surface area contributed by atoms with E-state index in [4.69, 9.17) is 4.52 Å². The molecule has 1 aliphatic heterocycles. The van der Waals surface area contributed by atoms with Crippen LogP contribution in [0.5, 0.6) is 0 Å². The summed E-state index contributed by atoms with van der Waals surface area (Å²) >= 11 is 0. The second-order valence-corrected chi connectivity index (χ2v) is 6.73. The molecule has 0 aliphatic carbocycles. The highest BCUT2D eigenvalue weighted by atomic mass is 19.1. The standard InChI is InChI=1S/C20H18FN5O3/c21-15-6-4-13(5-7-15)19-24-17(29-25-19)10-23-20(28)14-9-18(27)26(11-14)12-16-3-1-2-8-22-16/h1-8,14H,9-12H2,(H,23,28)/t14-/m1/s1. The zero-order chi connectivity index (χ0) is 20.2. The summed E-state index contributed by atoms with van der Waals surface area (Å²) in [5.41, 5.74) is 1.39. The van der Waals surface area contributed by atoms with E-state index in [1.165, 1.54) is 12.1 Å². The van der Waals surface area contributed by atoms with Crippen LogP contribution in [0.15, 0.2) is 53.2 Å². The van der Waals surface area contributed by atoms with Gasteiger partial charge in [-0.15, -0.1) is 0 Å². The van der Waals surface area contributed by atoms with Gasteiger partial charge in [0.15, 0.2) is 0 Å². The lowest BCUT2D eigenvalue weighted by atomic mass is 10.1. The highest BCUT2D eigenvalue weighted by Crippen LogP contribution is 2.20. The lowest BCUT2D eigenvalue weighted by molar-refractivity contribution is -0.129. The number of halogens is 1. The van der Waals surface area contributed by atoms with Crippen LogP contribution in [-0.2, 0) is 22.7 Å². The number of hydrogen-bond donors (Lipinski definition) is 1. The molecule has 0 saturated carbocycles. The van der Waals surface area contributed by atoms with E-state index in [-0.39, 0.29) is 36.5 Å². The first-order chi connectivity index (χ1) is 14.1. The lowest BCUT2D eigenvalue weighted by Gasteiger charge is -2.15. The van der Waals surface area contributed by atoms with Crippen molar-refractivity contribution in [3.8, 4) is 11.4 Å². The maximum absolute atomic E-state index is 13.0. The number of benzene rings is 1. The SMILES string of the molecule is O=C(NCc1nc(-c2ccc(F)cc2)no1)[C@@H]1CC(=O)N(Cc2ccccn2)C1. The zero-order valence-corrected chi connectivity index (χ0v) is 15.4. The van der Waals surface area contributed by atoms with Crippen LogP contribution in [0.3, 0.4) is 0 Å². The van der Waals surface area contributed by atoms with Crippen LogP contribution in [0.4, 0.5) is 4.39 Å². The minimum atomic E-state index is -0.439. The predicted octanol–water partition coefficient (Wildman–Crippen LogP) is 1.94. The molecule has 148 valence electrons. The fourth-order valence-electron chi connectivity index (χ4n) is 3.14. The van der Waals surface area contributed by atoms with Gasteiger partial charge in [-0.05, 0) is 36.4 Å². The van der Waals surface area contributed by atoms with Crippen molar-refractivity contribution in [2.24, 2.45) is 5.92 Å². The predicted molar refractivity (Wildman–Crippen MR) is 99.3 cm³/mol. The topological polar surface area (TPSA) is 101 Å². The number of amides is 2. The molecule has 1 aliphatic rings. The quantitative estimate of drug-likeness (QED) is 0.684. The summed E-state index contributed by atoms with van der Waals surface area (Å²) in [5, 5.41) is 6.56. The number of nitrogens with zero attached hydrogens (tertiary/aromatic N) is 4. The summed E-state index contributed by atoms with van der Waals surface area (Å²) in [6, 6.07) is 11.2. The molecule has 0 unspecified atom stereocenters. The monoisotopic (exact) mass is 395 g/mol. The zero-order valence-electron chi connectivity index (χ0n) is 15.4. The highest BCUT2D eigenvalue weighted by Gasteiger charge is 2.34. The largest absolute Gasteiger partial charge is 0.347 e. The Morgan fingerprint density at radius 1 is 1.24 bits per heavy atom. The van der Waals surface area contributed by atoms with E-state index < -0.39 is 5.92 Å². The number of aromatic nitrogens is 3.